The molecule has 0 aromatic heterocycles. The van der Waals surface area contributed by atoms with E-state index in [0.29, 0.717) is 38.9 Å². The normalized spacial score (nSPS) is 15.5. The summed E-state index contributed by atoms with van der Waals surface area (Å²) in [5.74, 6) is -0.416. The first-order chi connectivity index (χ1) is 10.7. The molecule has 1 fully saturated rings. The van der Waals surface area contributed by atoms with Crippen molar-refractivity contribution in [3.8, 4) is 0 Å². The molecule has 22 heavy (non-hydrogen) atoms. The molecule has 1 rings (SSSR count). The number of esters is 2. The van der Waals surface area contributed by atoms with E-state index in [1.54, 1.807) is 7.11 Å². The van der Waals surface area contributed by atoms with E-state index in [-0.39, 0.29) is 18.5 Å². The highest BCUT2D eigenvalue weighted by Gasteiger charge is 2.11. The smallest absolute Gasteiger partial charge is 0.305 e. The van der Waals surface area contributed by atoms with Crippen LogP contribution in [0.3, 0.4) is 0 Å². The van der Waals surface area contributed by atoms with E-state index < -0.39 is 0 Å². The molecule has 1 aliphatic heterocycles. The maximum atomic E-state index is 11.6. The molecule has 0 spiro atoms. The number of carbonyl (C=O) groups is 2. The van der Waals surface area contributed by atoms with Crippen LogP contribution in [0.25, 0.3) is 0 Å². The monoisotopic (exact) mass is 315 g/mol. The highest BCUT2D eigenvalue weighted by Crippen LogP contribution is 2.08. The predicted molar refractivity (Wildman–Crippen MR) is 82.6 cm³/mol. The quantitative estimate of drug-likeness (QED) is 0.428. The zero-order chi connectivity index (χ0) is 16.0. The lowest BCUT2D eigenvalue weighted by atomic mass is 10.1. The molecule has 0 atom stereocenters. The van der Waals surface area contributed by atoms with Gasteiger partial charge in [0.05, 0.1) is 6.61 Å². The zero-order valence-corrected chi connectivity index (χ0v) is 13.7. The number of carbonyl (C=O) groups excluding carboxylic acids is 2. The largest absolute Gasteiger partial charge is 0.464 e. The predicted octanol–water partition coefficient (Wildman–Crippen LogP) is 1.77. The topological polar surface area (TPSA) is 65.1 Å². The molecular formula is C16H29NO5. The zero-order valence-electron chi connectivity index (χ0n) is 13.7. The van der Waals surface area contributed by atoms with Crippen LogP contribution in [0.5, 0.6) is 0 Å². The first kappa shape index (κ1) is 18.9. The molecule has 0 radical (unpaired) electrons. The standard InChI is InChI=1S/C16H29NO5/c1-20-13-14-22-16(19)8-4-3-7-15(18)21-12-11-17-9-5-2-6-10-17/h2-14H2,1H3. The number of hydrogen-bond acceptors (Lipinski definition) is 6. The lowest BCUT2D eigenvalue weighted by Gasteiger charge is -2.25. The summed E-state index contributed by atoms with van der Waals surface area (Å²) in [6, 6.07) is 0. The Morgan fingerprint density at radius 3 is 2.05 bits per heavy atom. The van der Waals surface area contributed by atoms with Crippen LogP contribution >= 0.6 is 0 Å². The molecule has 0 unspecified atom stereocenters. The van der Waals surface area contributed by atoms with Gasteiger partial charge in [0.15, 0.2) is 0 Å². The second-order valence-electron chi connectivity index (χ2n) is 5.54. The van der Waals surface area contributed by atoms with Crippen molar-refractivity contribution in [2.75, 3.05) is 46.6 Å². The molecular weight excluding hydrogens is 286 g/mol. The van der Waals surface area contributed by atoms with E-state index >= 15 is 0 Å². The number of ether oxygens (including phenoxy) is 3. The number of unbranched alkanes of at least 4 members (excludes halogenated alkanes) is 1. The van der Waals surface area contributed by atoms with Crippen molar-refractivity contribution in [2.24, 2.45) is 0 Å². The fourth-order valence-corrected chi connectivity index (χ4v) is 2.39. The number of likely N-dealkylation sites (tertiary alicyclic amines) is 1. The Bertz CT molecular complexity index is 316. The van der Waals surface area contributed by atoms with Crippen molar-refractivity contribution in [3.05, 3.63) is 0 Å². The summed E-state index contributed by atoms with van der Waals surface area (Å²) in [5.41, 5.74) is 0. The van der Waals surface area contributed by atoms with Crippen molar-refractivity contribution in [2.45, 2.75) is 44.9 Å². The molecule has 0 saturated carbocycles. The van der Waals surface area contributed by atoms with Gasteiger partial charge in [0, 0.05) is 26.5 Å². The molecule has 0 bridgehead atoms. The Labute approximate surface area is 133 Å². The molecule has 128 valence electrons. The highest BCUT2D eigenvalue weighted by molar-refractivity contribution is 5.70. The molecule has 6 nitrogen and oxygen atoms in total. The third kappa shape index (κ3) is 9.73. The van der Waals surface area contributed by atoms with Crippen molar-refractivity contribution in [1.29, 1.82) is 0 Å². The maximum Gasteiger partial charge on any atom is 0.305 e. The van der Waals surface area contributed by atoms with Gasteiger partial charge in [-0.05, 0) is 38.8 Å². The summed E-state index contributed by atoms with van der Waals surface area (Å²) in [6.45, 7) is 4.23. The molecule has 0 aliphatic carbocycles. The molecule has 0 aromatic carbocycles. The number of methoxy groups -OCH3 is 1. The summed E-state index contributed by atoms with van der Waals surface area (Å²) in [5, 5.41) is 0. The first-order valence-electron chi connectivity index (χ1n) is 8.25. The van der Waals surface area contributed by atoms with Gasteiger partial charge in [-0.3, -0.25) is 14.5 Å². The molecule has 1 saturated heterocycles. The van der Waals surface area contributed by atoms with Crippen molar-refractivity contribution in [1.82, 2.24) is 4.90 Å². The third-order valence-electron chi connectivity index (χ3n) is 3.68. The van der Waals surface area contributed by atoms with E-state index in [9.17, 15) is 9.59 Å². The second-order valence-corrected chi connectivity index (χ2v) is 5.54. The van der Waals surface area contributed by atoms with Crippen LogP contribution in [0.1, 0.15) is 44.9 Å². The van der Waals surface area contributed by atoms with Gasteiger partial charge in [0.25, 0.3) is 0 Å². The van der Waals surface area contributed by atoms with Gasteiger partial charge in [-0.2, -0.15) is 0 Å². The summed E-state index contributed by atoms with van der Waals surface area (Å²) >= 11 is 0. The fraction of sp³-hybridized carbons (Fsp3) is 0.875. The molecule has 1 heterocycles. The van der Waals surface area contributed by atoms with Crippen LogP contribution < -0.4 is 0 Å². The molecule has 6 heteroatoms. The summed E-state index contributed by atoms with van der Waals surface area (Å²) in [7, 11) is 1.56. The molecule has 0 aromatic rings. The average Bonchev–Trinajstić information content (AvgIpc) is 2.53. The second kappa shape index (κ2) is 12.4. The van der Waals surface area contributed by atoms with Gasteiger partial charge in [-0.25, -0.2) is 0 Å². The molecule has 1 aliphatic rings. The molecule has 0 N–H and O–H groups in total. The Hall–Kier alpha value is -1.14. The van der Waals surface area contributed by atoms with Gasteiger partial charge >= 0.3 is 11.9 Å². The minimum Gasteiger partial charge on any atom is -0.464 e. The SMILES string of the molecule is COCCOC(=O)CCCCC(=O)OCCN1CCCCC1. The van der Waals surface area contributed by atoms with Gasteiger partial charge in [0.2, 0.25) is 0 Å². The van der Waals surface area contributed by atoms with E-state index in [1.807, 2.05) is 0 Å². The molecule has 0 amide bonds. The van der Waals surface area contributed by atoms with Gasteiger partial charge in [-0.15, -0.1) is 0 Å². The highest BCUT2D eigenvalue weighted by atomic mass is 16.6. The fourth-order valence-electron chi connectivity index (χ4n) is 2.39. The van der Waals surface area contributed by atoms with Gasteiger partial charge in [0.1, 0.15) is 13.2 Å². The Balaban J connectivity index is 1.91. The van der Waals surface area contributed by atoms with Crippen LogP contribution in [-0.4, -0.2) is 63.4 Å². The summed E-state index contributed by atoms with van der Waals surface area (Å²) in [4.78, 5) is 25.2. The Morgan fingerprint density at radius 2 is 1.45 bits per heavy atom. The number of hydrogen-bond donors (Lipinski definition) is 0. The van der Waals surface area contributed by atoms with E-state index in [2.05, 4.69) is 4.90 Å². The van der Waals surface area contributed by atoms with Crippen molar-refractivity contribution < 1.29 is 23.8 Å². The van der Waals surface area contributed by atoms with Gasteiger partial charge in [-0.1, -0.05) is 6.42 Å². The van der Waals surface area contributed by atoms with Crippen LogP contribution in [0, 0.1) is 0 Å². The Kier molecular flexibility index (Phi) is 10.7. The van der Waals surface area contributed by atoms with Crippen LogP contribution in [0.4, 0.5) is 0 Å². The Morgan fingerprint density at radius 1 is 0.864 bits per heavy atom. The summed E-state index contributed by atoms with van der Waals surface area (Å²) in [6.07, 6.45) is 5.80. The minimum atomic E-state index is -0.240. The van der Waals surface area contributed by atoms with Crippen molar-refractivity contribution in [3.63, 3.8) is 0 Å². The van der Waals surface area contributed by atoms with Crippen LogP contribution in [0.15, 0.2) is 0 Å². The number of nitrogens with zero attached hydrogens (tertiary/aromatic N) is 1. The van der Waals surface area contributed by atoms with Crippen molar-refractivity contribution >= 4 is 11.9 Å². The lowest BCUT2D eigenvalue weighted by Crippen LogP contribution is -2.33. The first-order valence-corrected chi connectivity index (χ1v) is 8.25. The maximum absolute atomic E-state index is 11.6. The van der Waals surface area contributed by atoms with Crippen LogP contribution in [0.2, 0.25) is 0 Å². The van der Waals surface area contributed by atoms with E-state index in [1.165, 1.54) is 19.3 Å². The summed E-state index contributed by atoms with van der Waals surface area (Å²) < 4.78 is 14.9. The third-order valence-corrected chi connectivity index (χ3v) is 3.68. The van der Waals surface area contributed by atoms with Crippen LogP contribution in [-0.2, 0) is 23.8 Å². The minimum absolute atomic E-state index is 0.176. The van der Waals surface area contributed by atoms with E-state index in [4.69, 9.17) is 14.2 Å². The number of rotatable bonds is 11. The number of piperidine rings is 1. The lowest BCUT2D eigenvalue weighted by molar-refractivity contribution is -0.146. The van der Waals surface area contributed by atoms with E-state index in [0.717, 1.165) is 19.6 Å². The average molecular weight is 315 g/mol. The van der Waals surface area contributed by atoms with Gasteiger partial charge < -0.3 is 14.2 Å².